The maximum absolute atomic E-state index is 5.89. The first-order chi connectivity index (χ1) is 5.25. The quantitative estimate of drug-likeness (QED) is 0.603. The second-order valence-corrected chi connectivity index (χ2v) is 2.98. The highest BCUT2D eigenvalue weighted by Crippen LogP contribution is 2.48. The third-order valence-electron chi connectivity index (χ3n) is 1.95. The molecule has 0 atom stereocenters. The van der Waals surface area contributed by atoms with Gasteiger partial charge in [-0.1, -0.05) is 36.9 Å². The maximum atomic E-state index is 5.89. The summed E-state index contributed by atoms with van der Waals surface area (Å²) in [5, 5.41) is 0.801. The first kappa shape index (κ1) is 6.68. The minimum atomic E-state index is 0.801. The van der Waals surface area contributed by atoms with Crippen molar-refractivity contribution in [1.29, 1.82) is 0 Å². The number of rotatable bonds is 1. The molecule has 0 radical (unpaired) electrons. The van der Waals surface area contributed by atoms with Crippen LogP contribution in [0.4, 0.5) is 0 Å². The van der Waals surface area contributed by atoms with Crippen LogP contribution in [0.1, 0.15) is 16.7 Å². The monoisotopic (exact) mass is 162 g/mol. The second kappa shape index (κ2) is 1.99. The number of hydrogen-bond acceptors (Lipinski definition) is 0. The van der Waals surface area contributed by atoms with Crippen LogP contribution in [0.15, 0.2) is 25.3 Å². The van der Waals surface area contributed by atoms with Gasteiger partial charge in [0.25, 0.3) is 0 Å². The first-order valence-electron chi connectivity index (χ1n) is 3.40. The molecule has 0 aromatic heterocycles. The molecule has 1 aromatic rings. The van der Waals surface area contributed by atoms with E-state index in [1.54, 1.807) is 0 Å². The fourth-order valence-electron chi connectivity index (χ4n) is 1.31. The molecule has 1 aromatic carbocycles. The molecular formula is C10H7Cl. The van der Waals surface area contributed by atoms with E-state index in [2.05, 4.69) is 13.2 Å². The van der Waals surface area contributed by atoms with Crippen molar-refractivity contribution in [3.8, 4) is 0 Å². The summed E-state index contributed by atoms with van der Waals surface area (Å²) in [6.07, 6.45) is 1.83. The molecule has 1 heteroatoms. The van der Waals surface area contributed by atoms with E-state index in [1.165, 1.54) is 5.56 Å². The Kier molecular flexibility index (Phi) is 1.21. The SMILES string of the molecule is C=Cc1ccc(Cl)c2c1C2=C. The summed E-state index contributed by atoms with van der Waals surface area (Å²) >= 11 is 5.89. The van der Waals surface area contributed by atoms with E-state index < -0.39 is 0 Å². The van der Waals surface area contributed by atoms with Gasteiger partial charge < -0.3 is 0 Å². The molecule has 0 heterocycles. The largest absolute Gasteiger partial charge is 0.0984 e. The van der Waals surface area contributed by atoms with Crippen LogP contribution in [0.5, 0.6) is 0 Å². The van der Waals surface area contributed by atoms with Gasteiger partial charge in [-0.3, -0.25) is 0 Å². The lowest BCUT2D eigenvalue weighted by Crippen LogP contribution is -1.68. The van der Waals surface area contributed by atoms with Gasteiger partial charge in [-0.15, -0.1) is 0 Å². The van der Waals surface area contributed by atoms with Crippen LogP contribution in [-0.4, -0.2) is 0 Å². The lowest BCUT2D eigenvalue weighted by atomic mass is 10.2. The van der Waals surface area contributed by atoms with Crippen molar-refractivity contribution in [2.75, 3.05) is 0 Å². The summed E-state index contributed by atoms with van der Waals surface area (Å²) in [6.45, 7) is 7.58. The molecule has 1 aliphatic rings. The molecular weight excluding hydrogens is 156 g/mol. The Morgan fingerprint density at radius 1 is 1.27 bits per heavy atom. The van der Waals surface area contributed by atoms with Crippen LogP contribution in [0.3, 0.4) is 0 Å². The van der Waals surface area contributed by atoms with E-state index in [0.29, 0.717) is 0 Å². The molecule has 0 saturated heterocycles. The minimum Gasteiger partial charge on any atom is -0.0984 e. The zero-order valence-electron chi connectivity index (χ0n) is 6.02. The van der Waals surface area contributed by atoms with Crippen LogP contribution < -0.4 is 0 Å². The third-order valence-corrected chi connectivity index (χ3v) is 2.26. The van der Waals surface area contributed by atoms with Gasteiger partial charge in [0.15, 0.2) is 0 Å². The van der Waals surface area contributed by atoms with Crippen molar-refractivity contribution in [2.45, 2.75) is 0 Å². The molecule has 0 unspecified atom stereocenters. The molecule has 0 aliphatic heterocycles. The van der Waals surface area contributed by atoms with Crippen molar-refractivity contribution in [2.24, 2.45) is 0 Å². The van der Waals surface area contributed by atoms with Crippen LogP contribution in [0, 0.1) is 0 Å². The van der Waals surface area contributed by atoms with E-state index in [4.69, 9.17) is 11.6 Å². The summed E-state index contributed by atoms with van der Waals surface area (Å²) in [4.78, 5) is 0. The van der Waals surface area contributed by atoms with Gasteiger partial charge in [-0.2, -0.15) is 0 Å². The Balaban J connectivity index is 2.71. The van der Waals surface area contributed by atoms with Crippen LogP contribution in [0.2, 0.25) is 5.02 Å². The maximum Gasteiger partial charge on any atom is 0.0491 e. The Labute approximate surface area is 70.8 Å². The average Bonchev–Trinajstić information content (AvgIpc) is 2.65. The lowest BCUT2D eigenvalue weighted by Gasteiger charge is -1.88. The summed E-state index contributed by atoms with van der Waals surface area (Å²) in [5.74, 6) is 0. The third kappa shape index (κ3) is 0.763. The highest BCUT2D eigenvalue weighted by molar-refractivity contribution is 6.35. The van der Waals surface area contributed by atoms with Crippen molar-refractivity contribution < 1.29 is 0 Å². The molecule has 0 bridgehead atoms. The van der Waals surface area contributed by atoms with Gasteiger partial charge in [0.2, 0.25) is 0 Å². The van der Waals surface area contributed by atoms with Gasteiger partial charge in [0, 0.05) is 10.6 Å². The topological polar surface area (TPSA) is 0 Å². The van der Waals surface area contributed by atoms with Crippen LogP contribution >= 0.6 is 11.6 Å². The fourth-order valence-corrected chi connectivity index (χ4v) is 1.58. The zero-order valence-corrected chi connectivity index (χ0v) is 6.78. The highest BCUT2D eigenvalue weighted by atomic mass is 35.5. The predicted octanol–water partition coefficient (Wildman–Crippen LogP) is 3.36. The van der Waals surface area contributed by atoms with Crippen molar-refractivity contribution in [1.82, 2.24) is 0 Å². The molecule has 0 saturated carbocycles. The Hall–Kier alpha value is -1.01. The van der Waals surface area contributed by atoms with Gasteiger partial charge in [-0.05, 0) is 22.8 Å². The minimum absolute atomic E-state index is 0.801. The average molecular weight is 163 g/mol. The number of fused-ring (bicyclic) bond motifs is 1. The summed E-state index contributed by atoms with van der Waals surface area (Å²) in [6, 6.07) is 3.85. The smallest absolute Gasteiger partial charge is 0.0491 e. The van der Waals surface area contributed by atoms with Crippen molar-refractivity contribution in [3.05, 3.63) is 47.0 Å². The van der Waals surface area contributed by atoms with E-state index in [9.17, 15) is 0 Å². The van der Waals surface area contributed by atoms with E-state index in [0.717, 1.165) is 21.7 Å². The van der Waals surface area contributed by atoms with E-state index in [-0.39, 0.29) is 0 Å². The van der Waals surface area contributed by atoms with Gasteiger partial charge in [0.1, 0.15) is 0 Å². The fraction of sp³-hybridized carbons (Fsp3) is 0. The first-order valence-corrected chi connectivity index (χ1v) is 3.78. The van der Waals surface area contributed by atoms with Gasteiger partial charge in [0.05, 0.1) is 0 Å². The molecule has 0 nitrogen and oxygen atoms in total. The molecule has 11 heavy (non-hydrogen) atoms. The lowest BCUT2D eigenvalue weighted by molar-refractivity contribution is 1.71. The molecule has 54 valence electrons. The molecule has 1 aliphatic carbocycles. The summed E-state index contributed by atoms with van der Waals surface area (Å²) in [5.41, 5.74) is 4.50. The van der Waals surface area contributed by atoms with E-state index >= 15 is 0 Å². The molecule has 0 amide bonds. The second-order valence-electron chi connectivity index (χ2n) is 2.57. The number of halogens is 1. The Bertz CT molecular complexity index is 361. The molecule has 0 spiro atoms. The zero-order chi connectivity index (χ0) is 8.01. The van der Waals surface area contributed by atoms with Crippen LogP contribution in [0.25, 0.3) is 11.6 Å². The summed E-state index contributed by atoms with van der Waals surface area (Å²) < 4.78 is 0. The number of benzene rings is 1. The number of hydrogen-bond donors (Lipinski definition) is 0. The standard InChI is InChI=1S/C10H7Cl/c1-3-7-4-5-8(11)10-6(2)9(7)10/h3-5H,1-2H2. The Morgan fingerprint density at radius 3 is 2.64 bits per heavy atom. The van der Waals surface area contributed by atoms with Crippen LogP contribution in [-0.2, 0) is 0 Å². The van der Waals surface area contributed by atoms with Gasteiger partial charge >= 0.3 is 0 Å². The van der Waals surface area contributed by atoms with Crippen molar-refractivity contribution in [3.63, 3.8) is 0 Å². The highest BCUT2D eigenvalue weighted by Gasteiger charge is 2.28. The molecule has 0 fully saturated rings. The molecule has 0 N–H and O–H groups in total. The van der Waals surface area contributed by atoms with Crippen molar-refractivity contribution >= 4 is 23.3 Å². The normalized spacial score (nSPS) is 12.6. The Morgan fingerprint density at radius 2 is 2.00 bits per heavy atom. The predicted molar refractivity (Wildman–Crippen MR) is 49.7 cm³/mol. The summed E-state index contributed by atoms with van der Waals surface area (Å²) in [7, 11) is 0. The van der Waals surface area contributed by atoms with E-state index in [1.807, 2.05) is 18.2 Å². The van der Waals surface area contributed by atoms with Gasteiger partial charge in [-0.25, -0.2) is 0 Å². The molecule has 2 rings (SSSR count).